The van der Waals surface area contributed by atoms with E-state index < -0.39 is 19.7 Å². The fourth-order valence-corrected chi connectivity index (χ4v) is 9.44. The van der Waals surface area contributed by atoms with Gasteiger partial charge in [0.2, 0.25) is 11.8 Å². The number of nitrogens with one attached hydrogen (secondary N) is 4. The van der Waals surface area contributed by atoms with Crippen molar-refractivity contribution < 1.29 is 105 Å². The molecule has 0 bridgehead atoms. The van der Waals surface area contributed by atoms with Crippen molar-refractivity contribution in [1.29, 1.82) is 0 Å². The number of nitro groups is 4. The van der Waals surface area contributed by atoms with E-state index in [1.807, 2.05) is 0 Å². The van der Waals surface area contributed by atoms with Crippen LogP contribution >= 0.6 is 21.6 Å². The number of hydrogen-bond donors (Lipinski definition) is 4. The third-order valence-electron chi connectivity index (χ3n) is 12.6. The molecule has 0 spiro atoms. The van der Waals surface area contributed by atoms with Gasteiger partial charge < -0.3 is 97.1 Å². The highest BCUT2D eigenvalue weighted by atomic mass is 33.1. The van der Waals surface area contributed by atoms with Crippen LogP contribution < -0.4 is 21.3 Å². The van der Waals surface area contributed by atoms with Gasteiger partial charge in [0, 0.05) is 62.7 Å². The molecule has 36 heteroatoms. The Morgan fingerprint density at radius 1 is 0.302 bits per heavy atom. The molecule has 0 saturated carbocycles. The van der Waals surface area contributed by atoms with Crippen molar-refractivity contribution in [3.05, 3.63) is 76.9 Å². The van der Waals surface area contributed by atoms with E-state index in [0.717, 1.165) is 49.3 Å². The van der Waals surface area contributed by atoms with Gasteiger partial charge in [-0.15, -0.1) is 0 Å². The van der Waals surface area contributed by atoms with E-state index in [-0.39, 0.29) is 72.0 Å². The maximum Gasteiger partial charge on any atom is 0.299 e. The van der Waals surface area contributed by atoms with E-state index in [2.05, 4.69) is 21.3 Å². The fraction of sp³-hybridized carbons (Fsp3) is 0.767. The average molecular weight is 1420 g/mol. The highest BCUT2D eigenvalue weighted by molar-refractivity contribution is 8.76. The molecule has 0 unspecified atom stereocenters. The van der Waals surface area contributed by atoms with Gasteiger partial charge in [-0.05, 0) is 50.7 Å². The number of nitro benzene ring substituents is 4. The highest BCUT2D eigenvalue weighted by Gasteiger charge is 2.20. The minimum Gasteiger partial charge on any atom is -0.379 e. The second-order valence-corrected chi connectivity index (χ2v) is 22.8. The first kappa shape index (κ1) is 86.7. The van der Waals surface area contributed by atoms with Gasteiger partial charge >= 0.3 is 0 Å². The monoisotopic (exact) mass is 1410 g/mol. The van der Waals surface area contributed by atoms with Crippen LogP contribution in [0.3, 0.4) is 0 Å². The summed E-state index contributed by atoms with van der Waals surface area (Å²) in [6, 6.07) is 6.97. The molecule has 34 nitrogen and oxygen atoms in total. The molecule has 0 aliphatic carbocycles. The predicted octanol–water partition coefficient (Wildman–Crippen LogP) is 5.84. The number of ether oxygens (including phenoxy) is 16. The normalized spacial score (nSPS) is 11.3. The molecule has 2 rings (SSSR count). The number of non-ortho nitro benzene ring substituents is 2. The van der Waals surface area contributed by atoms with Crippen LogP contribution in [0.5, 0.6) is 0 Å². The number of nitrogens with zero attached hydrogens (tertiary/aromatic N) is 4. The lowest BCUT2D eigenvalue weighted by molar-refractivity contribution is -0.393. The maximum atomic E-state index is 12.0. The van der Waals surface area contributed by atoms with Gasteiger partial charge in [0.15, 0.2) is 0 Å². The maximum absolute atomic E-state index is 12.0. The van der Waals surface area contributed by atoms with Crippen molar-refractivity contribution in [3.63, 3.8) is 0 Å². The van der Waals surface area contributed by atoms with E-state index in [0.29, 0.717) is 237 Å². The number of hydrogen-bond acceptors (Lipinski definition) is 30. The van der Waals surface area contributed by atoms with Gasteiger partial charge in [-0.25, -0.2) is 0 Å². The van der Waals surface area contributed by atoms with Crippen LogP contribution in [-0.2, 0) is 85.4 Å². The van der Waals surface area contributed by atoms with Gasteiger partial charge in [0.25, 0.3) is 22.7 Å². The van der Waals surface area contributed by atoms with Gasteiger partial charge in [-0.3, -0.25) is 50.0 Å². The van der Waals surface area contributed by atoms with Gasteiger partial charge in [0.1, 0.15) is 11.4 Å². The van der Waals surface area contributed by atoms with E-state index >= 15 is 0 Å². The lowest BCUT2D eigenvalue weighted by Crippen LogP contribution is -2.25. The first-order valence-corrected chi connectivity index (χ1v) is 34.8. The summed E-state index contributed by atoms with van der Waals surface area (Å²) in [6.07, 6.45) is 4.87. The van der Waals surface area contributed by atoms with Crippen LogP contribution in [0.2, 0.25) is 0 Å². The second-order valence-electron chi connectivity index (χ2n) is 20.0. The zero-order valence-electron chi connectivity index (χ0n) is 55.2. The Hall–Kier alpha value is -5.36. The Bertz CT molecular complexity index is 2150. The van der Waals surface area contributed by atoms with Crippen molar-refractivity contribution in [3.8, 4) is 0 Å². The molecular weight excluding hydrogens is 1310 g/mol. The number of carbonyl (C=O) groups is 2. The molecule has 0 fully saturated rings. The van der Waals surface area contributed by atoms with Gasteiger partial charge in [-0.1, -0.05) is 21.6 Å². The summed E-state index contributed by atoms with van der Waals surface area (Å²) >= 11 is 0. The van der Waals surface area contributed by atoms with Crippen molar-refractivity contribution in [2.45, 2.75) is 51.4 Å². The molecule has 0 saturated heterocycles. The van der Waals surface area contributed by atoms with Crippen LogP contribution in [-0.4, -0.2) is 281 Å². The first-order valence-electron chi connectivity index (χ1n) is 32.3. The quantitative estimate of drug-likeness (QED) is 0.0261. The fourth-order valence-electron chi connectivity index (χ4n) is 7.72. The smallest absolute Gasteiger partial charge is 0.299 e. The Labute approximate surface area is 569 Å². The van der Waals surface area contributed by atoms with Gasteiger partial charge in [0.05, 0.1) is 243 Å². The van der Waals surface area contributed by atoms with Crippen molar-refractivity contribution in [2.75, 3.05) is 260 Å². The number of rotatable bonds is 73. The zero-order chi connectivity index (χ0) is 69.3. The number of anilines is 2. The third kappa shape index (κ3) is 52.7. The molecule has 96 heavy (non-hydrogen) atoms. The highest BCUT2D eigenvalue weighted by Crippen LogP contribution is 2.30. The van der Waals surface area contributed by atoms with E-state index in [4.69, 9.17) is 75.8 Å². The van der Waals surface area contributed by atoms with Crippen LogP contribution in [0.15, 0.2) is 36.4 Å². The van der Waals surface area contributed by atoms with E-state index in [1.54, 1.807) is 21.6 Å². The van der Waals surface area contributed by atoms with Crippen LogP contribution in [0.1, 0.15) is 51.4 Å². The third-order valence-corrected chi connectivity index (χ3v) is 15.0. The van der Waals surface area contributed by atoms with Crippen LogP contribution in [0.4, 0.5) is 34.1 Å². The molecular formula is C60H102N8O26S2. The summed E-state index contributed by atoms with van der Waals surface area (Å²) in [5.41, 5.74) is -0.933. The Kier molecular flexibility index (Phi) is 58.1. The molecule has 0 radical (unpaired) electrons. The molecule has 2 aromatic carbocycles. The Morgan fingerprint density at radius 3 is 0.771 bits per heavy atom. The van der Waals surface area contributed by atoms with E-state index in [9.17, 15) is 50.0 Å². The minimum atomic E-state index is -0.676. The molecule has 0 aliphatic rings. The van der Waals surface area contributed by atoms with Crippen LogP contribution in [0.25, 0.3) is 0 Å². The predicted molar refractivity (Wildman–Crippen MR) is 357 cm³/mol. The Balaban J connectivity index is 1.14. The minimum absolute atomic E-state index is 0.118. The summed E-state index contributed by atoms with van der Waals surface area (Å²) in [5, 5.41) is 55.8. The summed E-state index contributed by atoms with van der Waals surface area (Å²) in [6.45, 7) is 16.2. The summed E-state index contributed by atoms with van der Waals surface area (Å²) in [5.74, 6) is 1.51. The largest absolute Gasteiger partial charge is 0.379 e. The molecule has 2 aromatic rings. The van der Waals surface area contributed by atoms with E-state index in [1.165, 1.54) is 24.3 Å². The second kappa shape index (κ2) is 64.3. The number of benzene rings is 2. The SMILES string of the molecule is O=C(CCOCCOCCOCCOCCOCCOCCOCCOCCSSCCOCCOCCOCCOCCOCCOCCOCCOCCC(=O)NCCCCCNc1ccc([N+](=O)[O-])cc1[N+](=O)[O-])NCCCCCNc1ccc([N+](=O)[O-])cc1[N+](=O)[O-]. The molecule has 0 aromatic heterocycles. The number of carbonyl (C=O) groups excluding carboxylic acids is 2. The summed E-state index contributed by atoms with van der Waals surface area (Å²) < 4.78 is 88.4. The number of amides is 2. The standard InChI is InChI=1S/C60H102N8O26S2/c69-59(63-15-5-1-3-13-61-55-9-7-53(65(71)72)51-57(55)67(75)76)11-17-79-19-21-81-23-25-83-27-29-85-31-33-87-35-37-89-39-41-91-43-45-93-47-49-95-96-50-48-94-46-44-92-42-40-90-38-36-88-34-32-86-30-28-84-26-24-82-22-20-80-18-12-60(70)64-16-6-2-4-14-62-56-10-8-54(66(73)74)52-58(56)68(77)78/h7-10,51-52,61-62H,1-6,11-50H2,(H,63,69)(H,64,70). The molecule has 2 amide bonds. The van der Waals surface area contributed by atoms with Crippen molar-refractivity contribution >= 4 is 67.5 Å². The zero-order valence-corrected chi connectivity index (χ0v) is 56.8. The lowest BCUT2D eigenvalue weighted by Gasteiger charge is -2.09. The molecule has 550 valence electrons. The summed E-state index contributed by atoms with van der Waals surface area (Å²) in [7, 11) is 3.49. The topological polar surface area (TPSA) is 402 Å². The molecule has 0 heterocycles. The van der Waals surface area contributed by atoms with Crippen LogP contribution in [0, 0.1) is 40.5 Å². The first-order chi connectivity index (χ1) is 47.0. The molecule has 4 N–H and O–H groups in total. The Morgan fingerprint density at radius 2 is 0.531 bits per heavy atom. The number of unbranched alkanes of at least 4 members (excludes halogenated alkanes) is 4. The summed E-state index contributed by atoms with van der Waals surface area (Å²) in [4.78, 5) is 65.7. The average Bonchev–Trinajstić information content (AvgIpc) is 0.941. The van der Waals surface area contributed by atoms with Crippen molar-refractivity contribution in [1.82, 2.24) is 10.6 Å². The van der Waals surface area contributed by atoms with Crippen molar-refractivity contribution in [2.24, 2.45) is 0 Å². The molecule has 0 atom stereocenters. The molecule has 0 aliphatic heterocycles. The lowest BCUT2D eigenvalue weighted by atomic mass is 10.2. The van der Waals surface area contributed by atoms with Gasteiger partial charge in [-0.2, -0.15) is 0 Å².